The molecular formula is C16H25ClFN3O. The maximum atomic E-state index is 13.3. The number of carbonyl (C=O) groups is 1. The molecule has 0 aromatic heterocycles. The Morgan fingerprint density at radius 1 is 1.50 bits per heavy atom. The summed E-state index contributed by atoms with van der Waals surface area (Å²) in [5.41, 5.74) is 7.17. The van der Waals surface area contributed by atoms with Gasteiger partial charge in [-0.1, -0.05) is 12.1 Å². The minimum atomic E-state index is -0.170. The van der Waals surface area contributed by atoms with Crippen molar-refractivity contribution in [2.45, 2.75) is 26.3 Å². The summed E-state index contributed by atoms with van der Waals surface area (Å²) in [7, 11) is 0. The summed E-state index contributed by atoms with van der Waals surface area (Å²) in [4.78, 5) is 14.3. The highest BCUT2D eigenvalue weighted by Crippen LogP contribution is 2.19. The first-order valence-electron chi connectivity index (χ1n) is 7.55. The summed E-state index contributed by atoms with van der Waals surface area (Å²) in [5, 5.41) is 2.86. The zero-order chi connectivity index (χ0) is 15.2. The third-order valence-electron chi connectivity index (χ3n) is 3.95. The topological polar surface area (TPSA) is 58.4 Å². The van der Waals surface area contributed by atoms with Crippen LogP contribution >= 0.6 is 12.4 Å². The summed E-state index contributed by atoms with van der Waals surface area (Å²) in [5.74, 6) is -0.0382. The average Bonchev–Trinajstić information content (AvgIpc) is 2.49. The van der Waals surface area contributed by atoms with E-state index in [2.05, 4.69) is 10.2 Å². The second kappa shape index (κ2) is 9.08. The molecule has 1 aliphatic heterocycles. The Kier molecular flexibility index (Phi) is 7.79. The molecule has 6 heteroatoms. The molecule has 1 aliphatic rings. The average molecular weight is 330 g/mol. The van der Waals surface area contributed by atoms with Crippen molar-refractivity contribution < 1.29 is 9.18 Å². The molecule has 1 fully saturated rings. The summed E-state index contributed by atoms with van der Waals surface area (Å²) >= 11 is 0. The smallest absolute Gasteiger partial charge is 0.224 e. The molecule has 1 saturated heterocycles. The summed E-state index contributed by atoms with van der Waals surface area (Å²) in [6.07, 6.45) is 1.94. The molecule has 0 aliphatic carbocycles. The SMILES string of the molecule is Cc1cc(CN2CCCC(C(=O)NCCN)C2)ccc1F.Cl. The number of likely N-dealkylation sites (tertiary alicyclic amines) is 1. The van der Waals surface area contributed by atoms with Crippen molar-refractivity contribution in [3.63, 3.8) is 0 Å². The van der Waals surface area contributed by atoms with Crippen molar-refractivity contribution in [2.75, 3.05) is 26.2 Å². The molecule has 124 valence electrons. The van der Waals surface area contributed by atoms with E-state index in [4.69, 9.17) is 5.73 Å². The lowest BCUT2D eigenvalue weighted by Crippen LogP contribution is -2.43. The predicted octanol–water partition coefficient (Wildman–Crippen LogP) is 1.84. The quantitative estimate of drug-likeness (QED) is 0.866. The Hall–Kier alpha value is -1.17. The van der Waals surface area contributed by atoms with Crippen LogP contribution in [-0.4, -0.2) is 37.0 Å². The molecule has 1 unspecified atom stereocenters. The third-order valence-corrected chi connectivity index (χ3v) is 3.95. The summed E-state index contributed by atoms with van der Waals surface area (Å²) in [6.45, 7) is 5.29. The lowest BCUT2D eigenvalue weighted by atomic mass is 9.96. The molecule has 0 spiro atoms. The van der Waals surface area contributed by atoms with Gasteiger partial charge in [0.15, 0.2) is 0 Å². The molecule has 22 heavy (non-hydrogen) atoms. The molecule has 0 saturated carbocycles. The van der Waals surface area contributed by atoms with Gasteiger partial charge in [-0.2, -0.15) is 0 Å². The van der Waals surface area contributed by atoms with Gasteiger partial charge in [-0.25, -0.2) is 4.39 Å². The first-order chi connectivity index (χ1) is 10.1. The van der Waals surface area contributed by atoms with Gasteiger partial charge in [0.05, 0.1) is 5.92 Å². The lowest BCUT2D eigenvalue weighted by molar-refractivity contribution is -0.126. The van der Waals surface area contributed by atoms with Gasteiger partial charge in [0.25, 0.3) is 0 Å². The largest absolute Gasteiger partial charge is 0.355 e. The Morgan fingerprint density at radius 2 is 2.27 bits per heavy atom. The van der Waals surface area contributed by atoms with Gasteiger partial charge in [-0.05, 0) is 43.5 Å². The fraction of sp³-hybridized carbons (Fsp3) is 0.562. The fourth-order valence-electron chi connectivity index (χ4n) is 2.82. The van der Waals surface area contributed by atoms with Crippen LogP contribution in [0.4, 0.5) is 4.39 Å². The monoisotopic (exact) mass is 329 g/mol. The normalized spacial score (nSPS) is 18.6. The number of hydrogen-bond acceptors (Lipinski definition) is 3. The maximum absolute atomic E-state index is 13.3. The number of piperidine rings is 1. The minimum absolute atomic E-state index is 0. The number of benzene rings is 1. The number of hydrogen-bond donors (Lipinski definition) is 2. The number of halogens is 2. The number of nitrogens with two attached hydrogens (primary N) is 1. The van der Waals surface area contributed by atoms with Crippen LogP contribution in [0.2, 0.25) is 0 Å². The van der Waals surface area contributed by atoms with Crippen molar-refractivity contribution in [2.24, 2.45) is 11.7 Å². The number of rotatable bonds is 5. The van der Waals surface area contributed by atoms with E-state index in [0.29, 0.717) is 18.7 Å². The first kappa shape index (κ1) is 18.9. The molecule has 0 radical (unpaired) electrons. The zero-order valence-corrected chi connectivity index (χ0v) is 13.8. The molecule has 1 amide bonds. The van der Waals surface area contributed by atoms with E-state index in [1.54, 1.807) is 6.92 Å². The molecule has 1 heterocycles. The van der Waals surface area contributed by atoms with Crippen LogP contribution in [0.5, 0.6) is 0 Å². The Labute approximate surface area is 137 Å². The van der Waals surface area contributed by atoms with Crippen molar-refractivity contribution >= 4 is 18.3 Å². The number of amides is 1. The molecule has 4 nitrogen and oxygen atoms in total. The molecule has 1 atom stereocenters. The molecule has 2 rings (SSSR count). The third kappa shape index (κ3) is 5.23. The number of nitrogens with one attached hydrogen (secondary N) is 1. The van der Waals surface area contributed by atoms with Crippen LogP contribution in [0, 0.1) is 18.7 Å². The Morgan fingerprint density at radius 3 is 2.95 bits per heavy atom. The van der Waals surface area contributed by atoms with Gasteiger partial charge in [0.2, 0.25) is 5.91 Å². The maximum Gasteiger partial charge on any atom is 0.224 e. The van der Waals surface area contributed by atoms with E-state index in [-0.39, 0.29) is 30.0 Å². The zero-order valence-electron chi connectivity index (χ0n) is 13.0. The van der Waals surface area contributed by atoms with E-state index in [9.17, 15) is 9.18 Å². The van der Waals surface area contributed by atoms with Gasteiger partial charge in [-0.15, -0.1) is 12.4 Å². The van der Waals surface area contributed by atoms with E-state index < -0.39 is 0 Å². The summed E-state index contributed by atoms with van der Waals surface area (Å²) < 4.78 is 13.3. The highest BCUT2D eigenvalue weighted by atomic mass is 35.5. The van der Waals surface area contributed by atoms with Crippen LogP contribution in [-0.2, 0) is 11.3 Å². The molecular weight excluding hydrogens is 305 g/mol. The molecule has 3 N–H and O–H groups in total. The number of nitrogens with zero attached hydrogens (tertiary/aromatic N) is 1. The van der Waals surface area contributed by atoms with Crippen molar-refractivity contribution in [1.29, 1.82) is 0 Å². The minimum Gasteiger partial charge on any atom is -0.355 e. The summed E-state index contributed by atoms with van der Waals surface area (Å²) in [6, 6.07) is 5.22. The number of carbonyl (C=O) groups excluding carboxylic acids is 1. The second-order valence-electron chi connectivity index (χ2n) is 5.74. The Bertz CT molecular complexity index is 498. The number of aryl methyl sites for hydroxylation is 1. The lowest BCUT2D eigenvalue weighted by Gasteiger charge is -2.32. The van der Waals surface area contributed by atoms with Crippen molar-refractivity contribution in [3.8, 4) is 0 Å². The van der Waals surface area contributed by atoms with Crippen LogP contribution in [0.15, 0.2) is 18.2 Å². The van der Waals surface area contributed by atoms with Gasteiger partial charge < -0.3 is 11.1 Å². The van der Waals surface area contributed by atoms with Gasteiger partial charge in [0.1, 0.15) is 5.82 Å². The fourth-order valence-corrected chi connectivity index (χ4v) is 2.82. The van der Waals surface area contributed by atoms with Gasteiger partial charge in [0, 0.05) is 26.2 Å². The standard InChI is InChI=1S/C16H24FN3O.ClH/c1-12-9-13(4-5-15(12)17)10-20-8-2-3-14(11-20)16(21)19-7-6-18;/h4-5,9,14H,2-3,6-8,10-11,18H2,1H3,(H,19,21);1H. The molecule has 1 aromatic rings. The van der Waals surface area contributed by atoms with Gasteiger partial charge >= 0.3 is 0 Å². The van der Waals surface area contributed by atoms with Crippen LogP contribution in [0.1, 0.15) is 24.0 Å². The van der Waals surface area contributed by atoms with Crippen LogP contribution in [0.3, 0.4) is 0 Å². The van der Waals surface area contributed by atoms with Crippen molar-refractivity contribution in [3.05, 3.63) is 35.1 Å². The highest BCUT2D eigenvalue weighted by Gasteiger charge is 2.25. The van der Waals surface area contributed by atoms with Crippen molar-refractivity contribution in [1.82, 2.24) is 10.2 Å². The second-order valence-corrected chi connectivity index (χ2v) is 5.74. The van der Waals surface area contributed by atoms with E-state index in [1.165, 1.54) is 6.07 Å². The predicted molar refractivity (Wildman–Crippen MR) is 88.5 cm³/mol. The van der Waals surface area contributed by atoms with Crippen LogP contribution in [0.25, 0.3) is 0 Å². The first-order valence-corrected chi connectivity index (χ1v) is 7.55. The Balaban J connectivity index is 0.00000242. The molecule has 0 bridgehead atoms. The van der Waals surface area contributed by atoms with Crippen LogP contribution < -0.4 is 11.1 Å². The van der Waals surface area contributed by atoms with E-state index >= 15 is 0 Å². The van der Waals surface area contributed by atoms with Gasteiger partial charge in [-0.3, -0.25) is 9.69 Å². The van der Waals surface area contributed by atoms with E-state index in [1.807, 2.05) is 12.1 Å². The molecule has 1 aromatic carbocycles. The highest BCUT2D eigenvalue weighted by molar-refractivity contribution is 5.85. The van der Waals surface area contributed by atoms with E-state index in [0.717, 1.165) is 38.0 Å².